The van der Waals surface area contributed by atoms with E-state index in [0.29, 0.717) is 10.2 Å². The minimum Gasteiger partial charge on any atom is -0.290 e. The van der Waals surface area contributed by atoms with Gasteiger partial charge in [-0.05, 0) is 35.4 Å². The quantitative estimate of drug-likeness (QED) is 0.587. The van der Waals surface area contributed by atoms with Gasteiger partial charge in [0.2, 0.25) is 0 Å². The van der Waals surface area contributed by atoms with Crippen LogP contribution in [-0.2, 0) is 4.79 Å². The number of hydrogen-bond acceptors (Lipinski definition) is 6. The van der Waals surface area contributed by atoms with Crippen molar-refractivity contribution in [3.8, 4) is 11.4 Å². The maximum absolute atomic E-state index is 10.2. The summed E-state index contributed by atoms with van der Waals surface area (Å²) in [5.41, 5.74) is 1.66. The molecule has 2 aromatic heterocycles. The summed E-state index contributed by atoms with van der Waals surface area (Å²) < 4.78 is 4.79. The molecule has 14 heavy (non-hydrogen) atoms. The summed E-state index contributed by atoms with van der Waals surface area (Å²) in [4.78, 5) is 18.3. The van der Waals surface area contributed by atoms with Gasteiger partial charge in [0.25, 0.3) is 0 Å². The molecule has 0 aromatic carbocycles. The normalized spacial score (nSPS) is 10.0. The first-order valence-corrected chi connectivity index (χ1v) is 5.40. The first-order valence-electron chi connectivity index (χ1n) is 3.74. The van der Waals surface area contributed by atoms with Gasteiger partial charge in [0.15, 0.2) is 15.8 Å². The molecule has 70 valence electrons. The zero-order chi connectivity index (χ0) is 9.80. The number of rotatable bonds is 3. The van der Waals surface area contributed by atoms with Crippen molar-refractivity contribution in [1.82, 2.24) is 14.3 Å². The van der Waals surface area contributed by atoms with E-state index in [-0.39, 0.29) is 0 Å². The highest BCUT2D eigenvalue weighted by atomic mass is 32.2. The van der Waals surface area contributed by atoms with Gasteiger partial charge in [-0.3, -0.25) is 9.78 Å². The van der Waals surface area contributed by atoms with Gasteiger partial charge in [0.05, 0.1) is 0 Å². The third-order valence-corrected chi connectivity index (χ3v) is 2.91. The standard InChI is InChI=1S/C8H5N3OS2/c12-5-13-8-10-7(11-14-8)6-1-3-9-4-2-6/h1-5H. The van der Waals surface area contributed by atoms with Crippen LogP contribution in [0.1, 0.15) is 0 Å². The fraction of sp³-hybridized carbons (Fsp3) is 0. The van der Waals surface area contributed by atoms with Crippen LogP contribution in [0, 0.1) is 0 Å². The van der Waals surface area contributed by atoms with Crippen molar-refractivity contribution in [3.63, 3.8) is 0 Å². The minimum atomic E-state index is 0.641. The van der Waals surface area contributed by atoms with Gasteiger partial charge < -0.3 is 0 Å². The fourth-order valence-corrected chi connectivity index (χ4v) is 1.98. The molecule has 0 aliphatic heterocycles. The molecule has 0 saturated heterocycles. The molecule has 6 heteroatoms. The van der Waals surface area contributed by atoms with Crippen LogP contribution in [0.3, 0.4) is 0 Å². The molecule has 0 radical (unpaired) electrons. The van der Waals surface area contributed by atoms with Crippen molar-refractivity contribution in [1.29, 1.82) is 0 Å². The van der Waals surface area contributed by atoms with Crippen molar-refractivity contribution >= 4 is 28.9 Å². The monoisotopic (exact) mass is 223 g/mol. The Morgan fingerprint density at radius 1 is 1.36 bits per heavy atom. The van der Waals surface area contributed by atoms with E-state index in [9.17, 15) is 4.79 Å². The lowest BCUT2D eigenvalue weighted by atomic mass is 10.3. The van der Waals surface area contributed by atoms with Crippen molar-refractivity contribution < 1.29 is 4.79 Å². The molecule has 0 spiro atoms. The second-order valence-corrected chi connectivity index (χ2v) is 4.16. The highest BCUT2D eigenvalue weighted by molar-refractivity contribution is 8.13. The van der Waals surface area contributed by atoms with E-state index < -0.39 is 0 Å². The number of thioether (sulfide) groups is 1. The van der Waals surface area contributed by atoms with Crippen LogP contribution < -0.4 is 0 Å². The number of carbonyl (C=O) groups is 1. The van der Waals surface area contributed by atoms with Crippen molar-refractivity contribution in [2.75, 3.05) is 0 Å². The van der Waals surface area contributed by atoms with Crippen LogP contribution in [0.2, 0.25) is 0 Å². The van der Waals surface area contributed by atoms with E-state index in [1.165, 1.54) is 11.5 Å². The minimum absolute atomic E-state index is 0.641. The maximum Gasteiger partial charge on any atom is 0.183 e. The summed E-state index contributed by atoms with van der Waals surface area (Å²) in [5.74, 6) is 0.641. The van der Waals surface area contributed by atoms with E-state index in [1.54, 1.807) is 12.4 Å². The van der Waals surface area contributed by atoms with Crippen molar-refractivity contribution in [2.24, 2.45) is 0 Å². The van der Waals surface area contributed by atoms with E-state index in [2.05, 4.69) is 14.3 Å². The largest absolute Gasteiger partial charge is 0.290 e. The SMILES string of the molecule is O=CSc1nc(-c2ccncc2)ns1. The van der Waals surface area contributed by atoms with Crippen LogP contribution in [0.15, 0.2) is 28.9 Å². The van der Waals surface area contributed by atoms with Crippen molar-refractivity contribution in [3.05, 3.63) is 24.5 Å². The molecule has 0 bridgehead atoms. The summed E-state index contributed by atoms with van der Waals surface area (Å²) >= 11 is 2.26. The van der Waals surface area contributed by atoms with Gasteiger partial charge in [-0.1, -0.05) is 0 Å². The number of aromatic nitrogens is 3. The Bertz CT molecular complexity index is 429. The Balaban J connectivity index is 2.29. The molecule has 2 aromatic rings. The molecule has 0 unspecified atom stereocenters. The molecule has 0 atom stereocenters. The molecule has 0 aliphatic rings. The lowest BCUT2D eigenvalue weighted by molar-refractivity contribution is 0.570. The van der Waals surface area contributed by atoms with Gasteiger partial charge >= 0.3 is 0 Å². The number of carbonyl (C=O) groups excluding carboxylic acids is 1. The Hall–Kier alpha value is -1.27. The van der Waals surface area contributed by atoms with Gasteiger partial charge in [0, 0.05) is 18.0 Å². The Labute approximate surface area is 88.6 Å². The highest BCUT2D eigenvalue weighted by Gasteiger charge is 2.05. The molecular weight excluding hydrogens is 218 g/mol. The van der Waals surface area contributed by atoms with E-state index in [0.717, 1.165) is 22.9 Å². The first kappa shape index (κ1) is 9.29. The van der Waals surface area contributed by atoms with Gasteiger partial charge in [-0.2, -0.15) is 4.37 Å². The van der Waals surface area contributed by atoms with Gasteiger partial charge in [-0.15, -0.1) is 0 Å². The van der Waals surface area contributed by atoms with Crippen molar-refractivity contribution in [2.45, 2.75) is 4.34 Å². The second kappa shape index (κ2) is 4.30. The van der Waals surface area contributed by atoms with Crippen LogP contribution in [0.5, 0.6) is 0 Å². The molecule has 0 amide bonds. The smallest absolute Gasteiger partial charge is 0.183 e. The van der Waals surface area contributed by atoms with E-state index >= 15 is 0 Å². The van der Waals surface area contributed by atoms with Crippen LogP contribution in [0.25, 0.3) is 11.4 Å². The van der Waals surface area contributed by atoms with Gasteiger partial charge in [0.1, 0.15) is 0 Å². The van der Waals surface area contributed by atoms with Crippen LogP contribution in [-0.4, -0.2) is 20.0 Å². The van der Waals surface area contributed by atoms with Crippen LogP contribution in [0.4, 0.5) is 0 Å². The Kier molecular flexibility index (Phi) is 2.85. The topological polar surface area (TPSA) is 55.7 Å². The molecule has 0 fully saturated rings. The lowest BCUT2D eigenvalue weighted by Gasteiger charge is -1.90. The molecule has 0 aliphatic carbocycles. The summed E-state index contributed by atoms with van der Waals surface area (Å²) in [6.45, 7) is 0. The highest BCUT2D eigenvalue weighted by Crippen LogP contribution is 2.22. The number of hydrogen-bond donors (Lipinski definition) is 0. The molecular formula is C8H5N3OS2. The summed E-state index contributed by atoms with van der Waals surface area (Å²) in [5, 5.41) is 0. The zero-order valence-electron chi connectivity index (χ0n) is 6.95. The fourth-order valence-electron chi connectivity index (χ4n) is 0.917. The Morgan fingerprint density at radius 2 is 2.14 bits per heavy atom. The summed E-state index contributed by atoms with van der Waals surface area (Å²) in [6.07, 6.45) is 3.37. The third-order valence-electron chi connectivity index (χ3n) is 1.49. The maximum atomic E-state index is 10.2. The number of nitrogens with zero attached hydrogens (tertiary/aromatic N) is 3. The molecule has 2 rings (SSSR count). The summed E-state index contributed by atoms with van der Waals surface area (Å²) in [7, 11) is 0. The predicted octanol–water partition coefficient (Wildman–Crippen LogP) is 1.88. The number of pyridine rings is 1. The van der Waals surface area contributed by atoms with E-state index in [1.807, 2.05) is 12.1 Å². The zero-order valence-corrected chi connectivity index (χ0v) is 8.59. The van der Waals surface area contributed by atoms with Gasteiger partial charge in [-0.25, -0.2) is 4.98 Å². The first-order chi connectivity index (χ1) is 6.90. The Morgan fingerprint density at radius 3 is 2.86 bits per heavy atom. The lowest BCUT2D eigenvalue weighted by Crippen LogP contribution is -1.80. The van der Waals surface area contributed by atoms with E-state index in [4.69, 9.17) is 0 Å². The molecule has 4 nitrogen and oxygen atoms in total. The average molecular weight is 223 g/mol. The second-order valence-electron chi connectivity index (χ2n) is 2.33. The molecule has 0 N–H and O–H groups in total. The molecule has 0 saturated carbocycles. The average Bonchev–Trinajstić information content (AvgIpc) is 2.68. The molecule has 2 heterocycles. The predicted molar refractivity (Wildman–Crippen MR) is 55.7 cm³/mol. The third kappa shape index (κ3) is 1.97. The van der Waals surface area contributed by atoms with Crippen LogP contribution >= 0.6 is 23.3 Å². The summed E-state index contributed by atoms with van der Waals surface area (Å²) in [6, 6.07) is 3.66.